The summed E-state index contributed by atoms with van der Waals surface area (Å²) in [6.07, 6.45) is 0.712. The number of thiophene rings is 1. The molecule has 1 aliphatic rings. The molecule has 0 aliphatic carbocycles. The van der Waals surface area contributed by atoms with Gasteiger partial charge < -0.3 is 15.0 Å². The molecular weight excluding hydrogens is 238 g/mol. The molecule has 0 spiro atoms. The number of aromatic nitrogens is 2. The van der Waals surface area contributed by atoms with Gasteiger partial charge in [0.1, 0.15) is 0 Å². The first-order chi connectivity index (χ1) is 8.33. The van der Waals surface area contributed by atoms with E-state index < -0.39 is 0 Å². The van der Waals surface area contributed by atoms with E-state index in [9.17, 15) is 0 Å². The van der Waals surface area contributed by atoms with Crippen LogP contribution in [0, 0.1) is 0 Å². The van der Waals surface area contributed by atoms with Crippen LogP contribution < -0.4 is 5.73 Å². The Balaban J connectivity index is 1.74. The number of nitrogens with zero attached hydrogens (tertiary/aromatic N) is 2. The molecule has 6 heteroatoms. The van der Waals surface area contributed by atoms with Crippen LogP contribution in [0.5, 0.6) is 0 Å². The second-order valence-electron chi connectivity index (χ2n) is 4.11. The maximum absolute atomic E-state index is 5.91. The first-order valence-corrected chi connectivity index (χ1v) is 6.39. The molecule has 5 nitrogen and oxygen atoms in total. The molecule has 17 heavy (non-hydrogen) atoms. The fourth-order valence-corrected chi connectivity index (χ4v) is 2.59. The minimum atomic E-state index is -0.0370. The highest BCUT2D eigenvalue weighted by molar-refractivity contribution is 7.09. The van der Waals surface area contributed by atoms with Gasteiger partial charge in [-0.25, -0.2) is 0 Å². The quantitative estimate of drug-likeness (QED) is 0.886. The lowest BCUT2D eigenvalue weighted by Gasteiger charge is -2.06. The van der Waals surface area contributed by atoms with E-state index in [-0.39, 0.29) is 12.0 Å². The standard InChI is InChI=1S/C11H13N3O2S/c12-9-6-15-5-8(9)11-13-10(14-16-11)4-7-2-1-3-17-7/h1-3,8-9H,4-6,12H2. The average molecular weight is 251 g/mol. The van der Waals surface area contributed by atoms with Gasteiger partial charge in [-0.3, -0.25) is 0 Å². The first-order valence-electron chi connectivity index (χ1n) is 5.51. The topological polar surface area (TPSA) is 74.2 Å². The van der Waals surface area contributed by atoms with E-state index in [0.717, 1.165) is 0 Å². The lowest BCUT2D eigenvalue weighted by molar-refractivity contribution is 0.187. The SMILES string of the molecule is NC1COCC1c1nc(Cc2cccs2)no1. The molecule has 1 saturated heterocycles. The van der Waals surface area contributed by atoms with Gasteiger partial charge in [-0.15, -0.1) is 11.3 Å². The number of ether oxygens (including phenoxy) is 1. The van der Waals surface area contributed by atoms with E-state index in [0.29, 0.717) is 31.3 Å². The van der Waals surface area contributed by atoms with Crippen molar-refractivity contribution in [2.45, 2.75) is 18.4 Å². The molecule has 3 heterocycles. The van der Waals surface area contributed by atoms with Gasteiger partial charge in [-0.05, 0) is 11.4 Å². The third-order valence-electron chi connectivity index (χ3n) is 2.84. The van der Waals surface area contributed by atoms with E-state index in [4.69, 9.17) is 15.0 Å². The molecule has 2 N–H and O–H groups in total. The fraction of sp³-hybridized carbons (Fsp3) is 0.455. The zero-order valence-electron chi connectivity index (χ0n) is 9.20. The van der Waals surface area contributed by atoms with Crippen molar-refractivity contribution in [3.63, 3.8) is 0 Å². The molecule has 2 atom stereocenters. The van der Waals surface area contributed by atoms with Crippen LogP contribution in [-0.2, 0) is 11.2 Å². The highest BCUT2D eigenvalue weighted by Gasteiger charge is 2.31. The summed E-state index contributed by atoms with van der Waals surface area (Å²) in [5, 5.41) is 6.02. The summed E-state index contributed by atoms with van der Waals surface area (Å²) in [6.45, 7) is 1.13. The van der Waals surface area contributed by atoms with Gasteiger partial charge in [0.15, 0.2) is 5.82 Å². The Kier molecular flexibility index (Phi) is 2.92. The number of nitrogens with two attached hydrogens (primary N) is 1. The van der Waals surface area contributed by atoms with E-state index in [1.165, 1.54) is 4.88 Å². The van der Waals surface area contributed by atoms with Crippen LogP contribution in [0.25, 0.3) is 0 Å². The second-order valence-corrected chi connectivity index (χ2v) is 5.15. The van der Waals surface area contributed by atoms with Crippen LogP contribution >= 0.6 is 11.3 Å². The Morgan fingerprint density at radius 1 is 1.47 bits per heavy atom. The Morgan fingerprint density at radius 3 is 3.12 bits per heavy atom. The van der Waals surface area contributed by atoms with Crippen LogP contribution in [-0.4, -0.2) is 29.4 Å². The first kappa shape index (κ1) is 10.9. The molecular formula is C11H13N3O2S. The van der Waals surface area contributed by atoms with Crippen molar-refractivity contribution in [2.75, 3.05) is 13.2 Å². The van der Waals surface area contributed by atoms with Crippen LogP contribution in [0.2, 0.25) is 0 Å². The number of hydrogen-bond donors (Lipinski definition) is 1. The van der Waals surface area contributed by atoms with Gasteiger partial charge in [-0.1, -0.05) is 11.2 Å². The van der Waals surface area contributed by atoms with Crippen LogP contribution in [0.4, 0.5) is 0 Å². The molecule has 0 amide bonds. The lowest BCUT2D eigenvalue weighted by Crippen LogP contribution is -2.27. The summed E-state index contributed by atoms with van der Waals surface area (Å²) in [4.78, 5) is 5.61. The number of hydrogen-bond acceptors (Lipinski definition) is 6. The third kappa shape index (κ3) is 2.24. The Labute approximate surface area is 103 Å². The van der Waals surface area contributed by atoms with E-state index in [1.54, 1.807) is 11.3 Å². The summed E-state index contributed by atoms with van der Waals surface area (Å²) in [5.41, 5.74) is 5.91. The van der Waals surface area contributed by atoms with Gasteiger partial charge in [-0.2, -0.15) is 4.98 Å². The lowest BCUT2D eigenvalue weighted by atomic mass is 10.1. The van der Waals surface area contributed by atoms with Crippen LogP contribution in [0.15, 0.2) is 22.0 Å². The van der Waals surface area contributed by atoms with Crippen molar-refractivity contribution >= 4 is 11.3 Å². The maximum Gasteiger partial charge on any atom is 0.233 e. The summed E-state index contributed by atoms with van der Waals surface area (Å²) in [7, 11) is 0. The molecule has 2 aromatic heterocycles. The van der Waals surface area contributed by atoms with E-state index >= 15 is 0 Å². The molecule has 0 aromatic carbocycles. The minimum absolute atomic E-state index is 0.0370. The summed E-state index contributed by atoms with van der Waals surface area (Å²) in [5.74, 6) is 1.35. The molecule has 0 radical (unpaired) electrons. The van der Waals surface area contributed by atoms with Crippen molar-refractivity contribution in [1.29, 1.82) is 0 Å². The number of rotatable bonds is 3. The van der Waals surface area contributed by atoms with Gasteiger partial charge in [0.05, 0.1) is 19.1 Å². The van der Waals surface area contributed by atoms with Crippen molar-refractivity contribution in [3.05, 3.63) is 34.1 Å². The van der Waals surface area contributed by atoms with E-state index in [2.05, 4.69) is 16.2 Å². The predicted octanol–water partition coefficient (Wildman–Crippen LogP) is 1.16. The summed E-state index contributed by atoms with van der Waals surface area (Å²) < 4.78 is 10.5. The smallest absolute Gasteiger partial charge is 0.233 e. The predicted molar refractivity (Wildman–Crippen MR) is 63.0 cm³/mol. The molecule has 0 saturated carbocycles. The van der Waals surface area contributed by atoms with E-state index in [1.807, 2.05) is 11.4 Å². The summed E-state index contributed by atoms with van der Waals surface area (Å²) in [6, 6.07) is 4.04. The zero-order valence-corrected chi connectivity index (χ0v) is 10.0. The van der Waals surface area contributed by atoms with Gasteiger partial charge in [0.2, 0.25) is 5.89 Å². The van der Waals surface area contributed by atoms with Gasteiger partial charge >= 0.3 is 0 Å². The third-order valence-corrected chi connectivity index (χ3v) is 3.71. The van der Waals surface area contributed by atoms with Gasteiger partial charge in [0, 0.05) is 17.3 Å². The van der Waals surface area contributed by atoms with Crippen molar-refractivity contribution in [3.8, 4) is 0 Å². The molecule has 3 rings (SSSR count). The monoisotopic (exact) mass is 251 g/mol. The molecule has 2 aromatic rings. The molecule has 2 unspecified atom stereocenters. The molecule has 0 bridgehead atoms. The normalized spacial score (nSPS) is 24.3. The Bertz CT molecular complexity index is 483. The highest BCUT2D eigenvalue weighted by Crippen LogP contribution is 2.23. The second kappa shape index (κ2) is 4.56. The Hall–Kier alpha value is -1.24. The van der Waals surface area contributed by atoms with Crippen LogP contribution in [0.3, 0.4) is 0 Å². The minimum Gasteiger partial charge on any atom is -0.379 e. The maximum atomic E-state index is 5.91. The zero-order chi connectivity index (χ0) is 11.7. The Morgan fingerprint density at radius 2 is 2.41 bits per heavy atom. The largest absolute Gasteiger partial charge is 0.379 e. The van der Waals surface area contributed by atoms with Crippen molar-refractivity contribution in [1.82, 2.24) is 10.1 Å². The molecule has 1 aliphatic heterocycles. The highest BCUT2D eigenvalue weighted by atomic mass is 32.1. The van der Waals surface area contributed by atoms with Crippen LogP contribution in [0.1, 0.15) is 22.5 Å². The molecule has 1 fully saturated rings. The van der Waals surface area contributed by atoms with Gasteiger partial charge in [0.25, 0.3) is 0 Å². The average Bonchev–Trinajstić information content (AvgIpc) is 3.00. The molecule has 90 valence electrons. The fourth-order valence-electron chi connectivity index (χ4n) is 1.88. The van der Waals surface area contributed by atoms with Crippen molar-refractivity contribution < 1.29 is 9.26 Å². The summed E-state index contributed by atoms with van der Waals surface area (Å²) >= 11 is 1.69. The van der Waals surface area contributed by atoms with Crippen molar-refractivity contribution in [2.24, 2.45) is 5.73 Å².